The van der Waals surface area contributed by atoms with Crippen molar-refractivity contribution < 1.29 is 4.74 Å². The van der Waals surface area contributed by atoms with E-state index in [9.17, 15) is 0 Å². The Kier molecular flexibility index (Phi) is 4.04. The van der Waals surface area contributed by atoms with Gasteiger partial charge < -0.3 is 10.5 Å². The van der Waals surface area contributed by atoms with Gasteiger partial charge in [0.1, 0.15) is 0 Å². The van der Waals surface area contributed by atoms with Crippen molar-refractivity contribution >= 4 is 0 Å². The molecular formula is C13H25NO. The maximum Gasteiger partial charge on any atom is 0.0649 e. The van der Waals surface area contributed by atoms with Crippen LogP contribution in [0.3, 0.4) is 0 Å². The highest BCUT2D eigenvalue weighted by atomic mass is 16.5. The summed E-state index contributed by atoms with van der Waals surface area (Å²) in [6, 6.07) is 0. The van der Waals surface area contributed by atoms with Crippen molar-refractivity contribution in [1.29, 1.82) is 0 Å². The van der Waals surface area contributed by atoms with E-state index >= 15 is 0 Å². The molecule has 0 spiro atoms. The Bertz CT molecular complexity index is 179. The van der Waals surface area contributed by atoms with Crippen LogP contribution in [0.15, 0.2) is 0 Å². The number of nitrogens with two attached hydrogens (primary N) is 1. The quantitative estimate of drug-likeness (QED) is 0.728. The Labute approximate surface area is 93.6 Å². The summed E-state index contributed by atoms with van der Waals surface area (Å²) in [4.78, 5) is 0. The third-order valence-electron chi connectivity index (χ3n) is 4.01. The van der Waals surface area contributed by atoms with E-state index in [0.717, 1.165) is 6.61 Å². The Balaban J connectivity index is 1.71. The van der Waals surface area contributed by atoms with Gasteiger partial charge in [-0.15, -0.1) is 0 Å². The van der Waals surface area contributed by atoms with Gasteiger partial charge in [0.05, 0.1) is 12.7 Å². The van der Waals surface area contributed by atoms with Gasteiger partial charge in [-0.3, -0.25) is 0 Å². The molecule has 2 saturated carbocycles. The lowest BCUT2D eigenvalue weighted by Gasteiger charge is -2.26. The van der Waals surface area contributed by atoms with E-state index in [-0.39, 0.29) is 5.54 Å². The first-order chi connectivity index (χ1) is 7.29. The van der Waals surface area contributed by atoms with Crippen LogP contribution in [0.25, 0.3) is 0 Å². The minimum atomic E-state index is 0.0201. The van der Waals surface area contributed by atoms with Gasteiger partial charge >= 0.3 is 0 Å². The monoisotopic (exact) mass is 211 g/mol. The molecule has 88 valence electrons. The van der Waals surface area contributed by atoms with E-state index in [1.54, 1.807) is 0 Å². The molecule has 0 heterocycles. The Morgan fingerprint density at radius 1 is 0.933 bits per heavy atom. The molecule has 2 N–H and O–H groups in total. The maximum atomic E-state index is 6.29. The second-order valence-electron chi connectivity index (χ2n) is 5.49. The fourth-order valence-electron chi connectivity index (χ4n) is 2.92. The van der Waals surface area contributed by atoms with E-state index in [0.29, 0.717) is 6.10 Å². The molecule has 0 amide bonds. The average Bonchev–Trinajstić information content (AvgIpc) is 2.53. The first kappa shape index (κ1) is 11.4. The van der Waals surface area contributed by atoms with Crippen molar-refractivity contribution in [2.45, 2.75) is 75.9 Å². The van der Waals surface area contributed by atoms with Crippen molar-refractivity contribution in [1.82, 2.24) is 0 Å². The van der Waals surface area contributed by atoms with Crippen LogP contribution in [0, 0.1) is 0 Å². The number of rotatable bonds is 3. The van der Waals surface area contributed by atoms with Crippen LogP contribution in [0.1, 0.15) is 64.2 Å². The first-order valence-electron chi connectivity index (χ1n) is 6.69. The van der Waals surface area contributed by atoms with Crippen LogP contribution in [-0.4, -0.2) is 18.2 Å². The second kappa shape index (κ2) is 5.31. The van der Waals surface area contributed by atoms with Gasteiger partial charge in [-0.25, -0.2) is 0 Å². The molecule has 0 bridgehead atoms. The summed E-state index contributed by atoms with van der Waals surface area (Å²) in [5, 5.41) is 0. The van der Waals surface area contributed by atoms with Gasteiger partial charge in [0.2, 0.25) is 0 Å². The molecule has 2 rings (SSSR count). The van der Waals surface area contributed by atoms with Crippen molar-refractivity contribution in [2.75, 3.05) is 6.61 Å². The average molecular weight is 211 g/mol. The zero-order chi connectivity index (χ0) is 10.6. The minimum absolute atomic E-state index is 0.0201. The largest absolute Gasteiger partial charge is 0.376 e. The third kappa shape index (κ3) is 3.46. The zero-order valence-electron chi connectivity index (χ0n) is 9.84. The van der Waals surface area contributed by atoms with Crippen molar-refractivity contribution in [3.63, 3.8) is 0 Å². The molecule has 15 heavy (non-hydrogen) atoms. The molecule has 0 unspecified atom stereocenters. The minimum Gasteiger partial charge on any atom is -0.376 e. The molecule has 0 aliphatic heterocycles. The highest BCUT2D eigenvalue weighted by Gasteiger charge is 2.30. The summed E-state index contributed by atoms with van der Waals surface area (Å²) in [5.74, 6) is 0. The highest BCUT2D eigenvalue weighted by molar-refractivity contribution is 4.89. The van der Waals surface area contributed by atoms with Crippen LogP contribution in [0.4, 0.5) is 0 Å². The molecule has 0 aromatic heterocycles. The Morgan fingerprint density at radius 2 is 1.53 bits per heavy atom. The second-order valence-corrected chi connectivity index (χ2v) is 5.49. The van der Waals surface area contributed by atoms with Crippen LogP contribution in [0.5, 0.6) is 0 Å². The van der Waals surface area contributed by atoms with E-state index in [1.807, 2.05) is 0 Å². The molecule has 2 fully saturated rings. The van der Waals surface area contributed by atoms with E-state index in [1.165, 1.54) is 64.2 Å². The standard InChI is InChI=1S/C13H25NO/c14-13(9-5-6-10-13)11-15-12-7-3-1-2-4-8-12/h12H,1-11,14H2. The number of ether oxygens (including phenoxy) is 1. The van der Waals surface area contributed by atoms with Gasteiger partial charge in [0.15, 0.2) is 0 Å². The van der Waals surface area contributed by atoms with Gasteiger partial charge in [-0.2, -0.15) is 0 Å². The molecule has 0 saturated heterocycles. The third-order valence-corrected chi connectivity index (χ3v) is 4.01. The summed E-state index contributed by atoms with van der Waals surface area (Å²) in [7, 11) is 0. The van der Waals surface area contributed by atoms with Crippen molar-refractivity contribution in [2.24, 2.45) is 5.73 Å². The van der Waals surface area contributed by atoms with E-state index in [2.05, 4.69) is 0 Å². The van der Waals surface area contributed by atoms with Crippen molar-refractivity contribution in [3.8, 4) is 0 Å². The molecule has 2 aliphatic rings. The fourth-order valence-corrected chi connectivity index (χ4v) is 2.92. The fraction of sp³-hybridized carbons (Fsp3) is 1.00. The predicted octanol–water partition coefficient (Wildman–Crippen LogP) is 3.00. The predicted molar refractivity (Wildman–Crippen MR) is 62.8 cm³/mol. The molecular weight excluding hydrogens is 186 g/mol. The van der Waals surface area contributed by atoms with Crippen LogP contribution in [-0.2, 0) is 4.74 Å². The lowest BCUT2D eigenvalue weighted by molar-refractivity contribution is 0.0128. The SMILES string of the molecule is NC1(COC2CCCCCC2)CCCC1. The van der Waals surface area contributed by atoms with Crippen LogP contribution in [0.2, 0.25) is 0 Å². The van der Waals surface area contributed by atoms with E-state index < -0.39 is 0 Å². The molecule has 2 nitrogen and oxygen atoms in total. The van der Waals surface area contributed by atoms with Crippen LogP contribution < -0.4 is 5.73 Å². The Hall–Kier alpha value is -0.0800. The van der Waals surface area contributed by atoms with Crippen molar-refractivity contribution in [3.05, 3.63) is 0 Å². The van der Waals surface area contributed by atoms with E-state index in [4.69, 9.17) is 10.5 Å². The van der Waals surface area contributed by atoms with Gasteiger partial charge in [-0.1, -0.05) is 38.5 Å². The zero-order valence-corrected chi connectivity index (χ0v) is 9.84. The molecule has 0 radical (unpaired) electrons. The number of hydrogen-bond acceptors (Lipinski definition) is 2. The summed E-state index contributed by atoms with van der Waals surface area (Å²) in [6.45, 7) is 0.803. The first-order valence-corrected chi connectivity index (χ1v) is 6.69. The molecule has 2 heteroatoms. The summed E-state index contributed by atoms with van der Waals surface area (Å²) < 4.78 is 6.02. The normalized spacial score (nSPS) is 27.8. The molecule has 0 atom stereocenters. The molecule has 2 aliphatic carbocycles. The highest BCUT2D eigenvalue weighted by Crippen LogP contribution is 2.29. The smallest absolute Gasteiger partial charge is 0.0649 e. The van der Waals surface area contributed by atoms with Gasteiger partial charge in [0.25, 0.3) is 0 Å². The number of hydrogen-bond donors (Lipinski definition) is 1. The maximum absolute atomic E-state index is 6.29. The Morgan fingerprint density at radius 3 is 2.13 bits per heavy atom. The molecule has 0 aromatic rings. The lowest BCUT2D eigenvalue weighted by Crippen LogP contribution is -2.42. The lowest BCUT2D eigenvalue weighted by atomic mass is 10.0. The summed E-state index contributed by atoms with van der Waals surface area (Å²) in [6.07, 6.45) is 13.4. The van der Waals surface area contributed by atoms with Gasteiger partial charge in [-0.05, 0) is 25.7 Å². The van der Waals surface area contributed by atoms with Crippen LogP contribution >= 0.6 is 0 Å². The summed E-state index contributed by atoms with van der Waals surface area (Å²) in [5.41, 5.74) is 6.31. The molecule has 0 aromatic carbocycles. The van der Waals surface area contributed by atoms with Gasteiger partial charge in [0, 0.05) is 5.54 Å². The topological polar surface area (TPSA) is 35.2 Å². The summed E-state index contributed by atoms with van der Waals surface area (Å²) >= 11 is 0.